The summed E-state index contributed by atoms with van der Waals surface area (Å²) in [4.78, 5) is 0. The molecule has 0 bridgehead atoms. The summed E-state index contributed by atoms with van der Waals surface area (Å²) in [5.41, 5.74) is -0.562. The number of alkyl halides is 3. The summed E-state index contributed by atoms with van der Waals surface area (Å²) in [7, 11) is 1.22. The van der Waals surface area contributed by atoms with E-state index >= 15 is 0 Å². The predicted molar refractivity (Wildman–Crippen MR) is 47.8 cm³/mol. The van der Waals surface area contributed by atoms with Crippen LogP contribution in [0.1, 0.15) is 11.1 Å². The van der Waals surface area contributed by atoms with Crippen LogP contribution >= 0.6 is 0 Å². The zero-order chi connectivity index (χ0) is 11.6. The van der Waals surface area contributed by atoms with Gasteiger partial charge < -0.3 is 0 Å². The Morgan fingerprint density at radius 3 is 2.07 bits per heavy atom. The molecule has 0 amide bonds. The van der Waals surface area contributed by atoms with Crippen LogP contribution in [0, 0.1) is 5.41 Å². The Bertz CT molecular complexity index is 357. The molecule has 0 saturated carbocycles. The lowest BCUT2D eigenvalue weighted by Crippen LogP contribution is -2.22. The molecule has 1 rings (SSSR count). The summed E-state index contributed by atoms with van der Waals surface area (Å²) in [6.45, 7) is 0. The summed E-state index contributed by atoms with van der Waals surface area (Å²) < 4.78 is 36.5. The molecule has 0 aliphatic rings. The summed E-state index contributed by atoms with van der Waals surface area (Å²) in [6.07, 6.45) is -4.38. The van der Waals surface area contributed by atoms with Crippen LogP contribution in [-0.2, 0) is 6.18 Å². The highest BCUT2D eigenvalue weighted by Crippen LogP contribution is 2.29. The second-order valence-corrected chi connectivity index (χ2v) is 2.95. The van der Waals surface area contributed by atoms with E-state index in [1.165, 1.54) is 7.05 Å². The molecule has 0 saturated heterocycles. The van der Waals surface area contributed by atoms with Crippen LogP contribution in [0.3, 0.4) is 0 Å². The van der Waals surface area contributed by atoms with Crippen LogP contribution in [0.5, 0.6) is 0 Å². The molecule has 0 radical (unpaired) electrons. The topological polar surface area (TPSA) is 47.3 Å². The van der Waals surface area contributed by atoms with Crippen LogP contribution in [0.2, 0.25) is 0 Å². The number of rotatable bonds is 1. The van der Waals surface area contributed by atoms with Gasteiger partial charge in [-0.3, -0.25) is 10.6 Å². The van der Waals surface area contributed by atoms with Crippen molar-refractivity contribution in [2.45, 2.75) is 6.18 Å². The summed E-state index contributed by atoms with van der Waals surface area (Å²) >= 11 is 0. The number of nitrogens with one attached hydrogen (secondary N) is 1. The van der Waals surface area contributed by atoms with Crippen molar-refractivity contribution < 1.29 is 18.4 Å². The van der Waals surface area contributed by atoms with E-state index < -0.39 is 11.7 Å². The molecule has 1 aromatic carbocycles. The first-order valence-corrected chi connectivity index (χ1v) is 4.01. The van der Waals surface area contributed by atoms with E-state index in [0.29, 0.717) is 5.06 Å². The maximum Gasteiger partial charge on any atom is 0.416 e. The first-order chi connectivity index (χ1) is 6.82. The Hall–Kier alpha value is -1.56. The monoisotopic (exact) mass is 218 g/mol. The Morgan fingerprint density at radius 1 is 1.27 bits per heavy atom. The number of hydrogen-bond donors (Lipinski definition) is 2. The molecule has 3 nitrogen and oxygen atoms in total. The van der Waals surface area contributed by atoms with Crippen LogP contribution in [-0.4, -0.2) is 23.2 Å². The van der Waals surface area contributed by atoms with Gasteiger partial charge in [0.2, 0.25) is 0 Å². The highest BCUT2D eigenvalue weighted by molar-refractivity contribution is 5.95. The quantitative estimate of drug-likeness (QED) is 0.432. The maximum atomic E-state index is 12.2. The molecular weight excluding hydrogens is 209 g/mol. The summed E-state index contributed by atoms with van der Waals surface area (Å²) in [6, 6.07) is 4.01. The van der Waals surface area contributed by atoms with Gasteiger partial charge in [0, 0.05) is 12.6 Å². The number of hydroxylamine groups is 2. The van der Waals surface area contributed by atoms with Crippen molar-refractivity contribution in [1.82, 2.24) is 5.06 Å². The van der Waals surface area contributed by atoms with E-state index in [-0.39, 0.29) is 11.4 Å². The number of hydrogen-bond acceptors (Lipinski definition) is 2. The molecule has 6 heteroatoms. The van der Waals surface area contributed by atoms with Gasteiger partial charge in [0.05, 0.1) is 5.56 Å². The van der Waals surface area contributed by atoms with Crippen molar-refractivity contribution >= 4 is 5.84 Å². The maximum absolute atomic E-state index is 12.2. The van der Waals surface area contributed by atoms with Gasteiger partial charge in [0.1, 0.15) is 0 Å². The highest BCUT2D eigenvalue weighted by Gasteiger charge is 2.30. The van der Waals surface area contributed by atoms with Gasteiger partial charge in [-0.2, -0.15) is 13.2 Å². The summed E-state index contributed by atoms with van der Waals surface area (Å²) in [5.74, 6) is -0.260. The average Bonchev–Trinajstić information content (AvgIpc) is 2.15. The van der Waals surface area contributed by atoms with E-state index in [9.17, 15) is 13.2 Å². The number of amidine groups is 1. The van der Waals surface area contributed by atoms with Crippen molar-refractivity contribution in [3.8, 4) is 0 Å². The van der Waals surface area contributed by atoms with E-state index in [2.05, 4.69) is 0 Å². The molecule has 0 atom stereocenters. The van der Waals surface area contributed by atoms with Crippen molar-refractivity contribution in [2.24, 2.45) is 0 Å². The molecule has 15 heavy (non-hydrogen) atoms. The van der Waals surface area contributed by atoms with E-state index in [1.807, 2.05) is 0 Å². The molecule has 0 spiro atoms. The van der Waals surface area contributed by atoms with Gasteiger partial charge in [-0.25, -0.2) is 5.06 Å². The van der Waals surface area contributed by atoms with E-state index in [0.717, 1.165) is 24.3 Å². The van der Waals surface area contributed by atoms with Crippen LogP contribution < -0.4 is 0 Å². The third-order valence-electron chi connectivity index (χ3n) is 1.81. The van der Waals surface area contributed by atoms with Gasteiger partial charge in [-0.15, -0.1) is 0 Å². The largest absolute Gasteiger partial charge is 0.416 e. The molecule has 0 aromatic heterocycles. The Balaban J connectivity index is 2.96. The lowest BCUT2D eigenvalue weighted by atomic mass is 10.1. The smallest absolute Gasteiger partial charge is 0.287 e. The standard InChI is InChI=1S/C9H9F3N2O/c1-14(15)8(13)6-2-4-7(5-3-6)9(10,11)12/h2-5,13,15H,1H3. The zero-order valence-corrected chi connectivity index (χ0v) is 7.84. The average molecular weight is 218 g/mol. The molecule has 2 N–H and O–H groups in total. The summed E-state index contributed by atoms with van der Waals surface area (Å²) in [5, 5.41) is 16.7. The normalized spacial score (nSPS) is 11.3. The Kier molecular flexibility index (Phi) is 2.99. The number of benzene rings is 1. The SMILES string of the molecule is CN(O)C(=N)c1ccc(C(F)(F)F)cc1. The van der Waals surface area contributed by atoms with E-state index in [4.69, 9.17) is 10.6 Å². The van der Waals surface area contributed by atoms with Crippen molar-refractivity contribution in [2.75, 3.05) is 7.05 Å². The van der Waals surface area contributed by atoms with Gasteiger partial charge >= 0.3 is 6.18 Å². The van der Waals surface area contributed by atoms with Crippen molar-refractivity contribution in [3.63, 3.8) is 0 Å². The lowest BCUT2D eigenvalue weighted by Gasteiger charge is -2.12. The first kappa shape index (κ1) is 11.5. The molecule has 1 aromatic rings. The first-order valence-electron chi connectivity index (χ1n) is 4.01. The minimum atomic E-state index is -4.38. The molecule has 0 aliphatic carbocycles. The number of nitrogens with zero attached hydrogens (tertiary/aromatic N) is 1. The van der Waals surface area contributed by atoms with Gasteiger partial charge in [-0.1, -0.05) is 12.1 Å². The van der Waals surface area contributed by atoms with Crippen molar-refractivity contribution in [1.29, 1.82) is 5.41 Å². The number of halogens is 3. The molecular formula is C9H9F3N2O. The minimum Gasteiger partial charge on any atom is -0.287 e. The Labute approximate surface area is 84.2 Å². The fourth-order valence-corrected chi connectivity index (χ4v) is 1.00. The highest BCUT2D eigenvalue weighted by atomic mass is 19.4. The zero-order valence-electron chi connectivity index (χ0n) is 7.84. The van der Waals surface area contributed by atoms with Gasteiger partial charge in [0.15, 0.2) is 5.84 Å². The van der Waals surface area contributed by atoms with Crippen LogP contribution in [0.15, 0.2) is 24.3 Å². The van der Waals surface area contributed by atoms with Crippen molar-refractivity contribution in [3.05, 3.63) is 35.4 Å². The lowest BCUT2D eigenvalue weighted by molar-refractivity contribution is -0.137. The molecule has 0 fully saturated rings. The fourth-order valence-electron chi connectivity index (χ4n) is 1.00. The molecule has 82 valence electrons. The van der Waals surface area contributed by atoms with Crippen LogP contribution in [0.25, 0.3) is 0 Å². The van der Waals surface area contributed by atoms with Gasteiger partial charge in [-0.05, 0) is 12.1 Å². The Morgan fingerprint density at radius 2 is 1.73 bits per heavy atom. The second-order valence-electron chi connectivity index (χ2n) is 2.95. The fraction of sp³-hybridized carbons (Fsp3) is 0.222. The molecule has 0 aliphatic heterocycles. The molecule has 0 unspecified atom stereocenters. The van der Waals surface area contributed by atoms with Gasteiger partial charge in [0.25, 0.3) is 0 Å². The van der Waals surface area contributed by atoms with Crippen LogP contribution in [0.4, 0.5) is 13.2 Å². The third-order valence-corrected chi connectivity index (χ3v) is 1.81. The second kappa shape index (κ2) is 3.90. The predicted octanol–water partition coefficient (Wildman–Crippen LogP) is 2.35. The minimum absolute atomic E-state index is 0.216. The third kappa shape index (κ3) is 2.69. The molecule has 0 heterocycles. The van der Waals surface area contributed by atoms with E-state index in [1.54, 1.807) is 0 Å².